The molecule has 0 atom stereocenters. The third kappa shape index (κ3) is 4.57. The fourth-order valence-corrected chi connectivity index (χ4v) is 4.42. The van der Waals surface area contributed by atoms with E-state index in [0.717, 1.165) is 22.4 Å². The maximum absolute atomic E-state index is 14.7. The lowest BCUT2D eigenvalue weighted by Crippen LogP contribution is -2.28. The van der Waals surface area contributed by atoms with Gasteiger partial charge in [-0.3, -0.25) is 0 Å². The van der Waals surface area contributed by atoms with E-state index in [1.54, 1.807) is 23.2 Å². The minimum atomic E-state index is -0.639. The average molecular weight is 492 g/mol. The summed E-state index contributed by atoms with van der Waals surface area (Å²) in [4.78, 5) is 10.9. The lowest BCUT2D eigenvalue weighted by molar-refractivity contribution is 0.554. The highest BCUT2D eigenvalue weighted by molar-refractivity contribution is 6.31. The summed E-state index contributed by atoms with van der Waals surface area (Å²) in [5.41, 5.74) is 10.3. The molecule has 2 heterocycles. The van der Waals surface area contributed by atoms with Gasteiger partial charge in [-0.25, -0.2) is 18.7 Å². The molecule has 3 aromatic carbocycles. The van der Waals surface area contributed by atoms with Crippen molar-refractivity contribution < 1.29 is 8.78 Å². The van der Waals surface area contributed by atoms with Gasteiger partial charge in [0.15, 0.2) is 0 Å². The third-order valence-electron chi connectivity index (χ3n) is 6.07. The molecule has 0 spiro atoms. The van der Waals surface area contributed by atoms with Crippen LogP contribution in [-0.2, 0) is 12.0 Å². The Hall–Kier alpha value is -3.55. The van der Waals surface area contributed by atoms with E-state index < -0.39 is 17.2 Å². The molecule has 3 N–H and O–H groups in total. The van der Waals surface area contributed by atoms with Crippen molar-refractivity contribution in [2.45, 2.75) is 25.8 Å². The number of aromatic nitrogens is 2. The fourth-order valence-electron chi connectivity index (χ4n) is 4.26. The number of benzene rings is 3. The van der Waals surface area contributed by atoms with Gasteiger partial charge in [0, 0.05) is 34.6 Å². The molecule has 0 fully saturated rings. The highest BCUT2D eigenvalue weighted by Crippen LogP contribution is 2.42. The largest absolute Gasteiger partial charge is 0.336 e. The number of anilines is 4. The first-order valence-electron chi connectivity index (χ1n) is 11.2. The highest BCUT2D eigenvalue weighted by Gasteiger charge is 2.26. The molecular formula is C27H24ClF2N5. The smallest absolute Gasteiger partial charge is 0.227 e. The standard InChI is InChI=1S/C27H24ClF2N5/c1-27(2,31)17-6-9-19(10-7-17)33-26-32-15-16-12-13-35(25-21(29)4-3-5-22(25)30)23-14-18(28)8-11-20(23)24(16)34-26/h3-11,14-15H,12-13,31H2,1-2H3,(H,32,33,34). The Kier molecular flexibility index (Phi) is 5.91. The zero-order valence-corrected chi connectivity index (χ0v) is 20.1. The van der Waals surface area contributed by atoms with Gasteiger partial charge in [0.05, 0.1) is 11.4 Å². The molecule has 0 radical (unpaired) electrons. The van der Waals surface area contributed by atoms with Gasteiger partial charge < -0.3 is 16.0 Å². The van der Waals surface area contributed by atoms with Crippen LogP contribution in [0.5, 0.6) is 0 Å². The first-order chi connectivity index (χ1) is 16.7. The van der Waals surface area contributed by atoms with Crippen LogP contribution in [0.25, 0.3) is 11.3 Å². The number of rotatable bonds is 4. The van der Waals surface area contributed by atoms with Crippen molar-refractivity contribution in [1.29, 1.82) is 0 Å². The molecule has 1 aromatic heterocycles. The normalized spacial score (nSPS) is 13.1. The van der Waals surface area contributed by atoms with Crippen molar-refractivity contribution in [1.82, 2.24) is 9.97 Å². The number of fused-ring (bicyclic) bond motifs is 3. The molecule has 0 saturated carbocycles. The number of halogens is 3. The summed E-state index contributed by atoms with van der Waals surface area (Å²) in [6, 6.07) is 16.9. The Bertz CT molecular complexity index is 1380. The molecule has 0 amide bonds. The average Bonchev–Trinajstić information content (AvgIpc) is 2.96. The third-order valence-corrected chi connectivity index (χ3v) is 6.30. The van der Waals surface area contributed by atoms with E-state index in [0.29, 0.717) is 35.3 Å². The number of nitrogens with one attached hydrogen (secondary N) is 1. The number of hydrogen-bond acceptors (Lipinski definition) is 5. The van der Waals surface area contributed by atoms with Gasteiger partial charge in [-0.15, -0.1) is 0 Å². The number of nitrogens with zero attached hydrogens (tertiary/aromatic N) is 3. The molecule has 5 nitrogen and oxygen atoms in total. The van der Waals surface area contributed by atoms with Gasteiger partial charge in [-0.05, 0) is 73.9 Å². The van der Waals surface area contributed by atoms with Gasteiger partial charge in [-0.1, -0.05) is 29.8 Å². The molecule has 5 rings (SSSR count). The second-order valence-electron chi connectivity index (χ2n) is 9.12. The van der Waals surface area contributed by atoms with Gasteiger partial charge in [-0.2, -0.15) is 0 Å². The predicted molar refractivity (Wildman–Crippen MR) is 136 cm³/mol. The second kappa shape index (κ2) is 8.91. The van der Waals surface area contributed by atoms with Crippen molar-refractivity contribution in [2.75, 3.05) is 16.8 Å². The van der Waals surface area contributed by atoms with Crippen LogP contribution in [0.15, 0.2) is 66.9 Å². The maximum Gasteiger partial charge on any atom is 0.227 e. The van der Waals surface area contributed by atoms with Crippen LogP contribution in [0, 0.1) is 11.6 Å². The van der Waals surface area contributed by atoms with E-state index in [1.807, 2.05) is 44.2 Å². The predicted octanol–water partition coefficient (Wildman–Crippen LogP) is 6.71. The number of para-hydroxylation sites is 1. The van der Waals surface area contributed by atoms with Crippen LogP contribution < -0.4 is 16.0 Å². The summed E-state index contributed by atoms with van der Waals surface area (Å²) in [5, 5.41) is 3.70. The number of hydrogen-bond donors (Lipinski definition) is 2. The summed E-state index contributed by atoms with van der Waals surface area (Å²) in [6.45, 7) is 4.24. The Morgan fingerprint density at radius 3 is 2.43 bits per heavy atom. The summed E-state index contributed by atoms with van der Waals surface area (Å²) >= 11 is 6.30. The summed E-state index contributed by atoms with van der Waals surface area (Å²) in [5.74, 6) is -0.867. The highest BCUT2D eigenvalue weighted by atomic mass is 35.5. The lowest BCUT2D eigenvalue weighted by Gasteiger charge is -2.26. The first kappa shape index (κ1) is 23.2. The van der Waals surface area contributed by atoms with Crippen LogP contribution in [0.2, 0.25) is 5.02 Å². The first-order valence-corrected chi connectivity index (χ1v) is 11.6. The van der Waals surface area contributed by atoms with E-state index in [2.05, 4.69) is 10.3 Å². The molecule has 0 aliphatic carbocycles. The maximum atomic E-state index is 14.7. The van der Waals surface area contributed by atoms with Gasteiger partial charge >= 0.3 is 0 Å². The monoisotopic (exact) mass is 491 g/mol. The van der Waals surface area contributed by atoms with E-state index in [4.69, 9.17) is 22.3 Å². The van der Waals surface area contributed by atoms with Gasteiger partial charge in [0.25, 0.3) is 0 Å². The van der Waals surface area contributed by atoms with Crippen molar-refractivity contribution in [3.05, 3.63) is 94.6 Å². The topological polar surface area (TPSA) is 67.1 Å². The molecule has 0 bridgehead atoms. The summed E-state index contributed by atoms with van der Waals surface area (Å²) in [6.07, 6.45) is 2.25. The summed E-state index contributed by atoms with van der Waals surface area (Å²) < 4.78 is 29.5. The minimum Gasteiger partial charge on any atom is -0.336 e. The molecule has 35 heavy (non-hydrogen) atoms. The molecule has 8 heteroatoms. The second-order valence-corrected chi connectivity index (χ2v) is 9.56. The van der Waals surface area contributed by atoms with Crippen molar-refractivity contribution in [3.63, 3.8) is 0 Å². The Morgan fingerprint density at radius 2 is 1.74 bits per heavy atom. The minimum absolute atomic E-state index is 0.113. The zero-order valence-electron chi connectivity index (χ0n) is 19.3. The Balaban J connectivity index is 1.55. The van der Waals surface area contributed by atoms with E-state index in [1.165, 1.54) is 18.2 Å². The van der Waals surface area contributed by atoms with Gasteiger partial charge in [0.2, 0.25) is 5.95 Å². The zero-order chi connectivity index (χ0) is 24.7. The van der Waals surface area contributed by atoms with Crippen LogP contribution in [0.4, 0.5) is 31.8 Å². The molecule has 1 aliphatic heterocycles. The van der Waals surface area contributed by atoms with Crippen molar-refractivity contribution in [3.8, 4) is 11.3 Å². The molecule has 0 saturated heterocycles. The Morgan fingerprint density at radius 1 is 1.03 bits per heavy atom. The summed E-state index contributed by atoms with van der Waals surface area (Å²) in [7, 11) is 0. The van der Waals surface area contributed by atoms with Gasteiger partial charge in [0.1, 0.15) is 17.3 Å². The van der Waals surface area contributed by atoms with Crippen molar-refractivity contribution >= 4 is 34.6 Å². The lowest BCUT2D eigenvalue weighted by atomic mass is 9.96. The molecular weight excluding hydrogens is 468 g/mol. The fraction of sp³-hybridized carbons (Fsp3) is 0.185. The van der Waals surface area contributed by atoms with E-state index in [-0.39, 0.29) is 5.69 Å². The van der Waals surface area contributed by atoms with Crippen LogP contribution in [0.1, 0.15) is 25.0 Å². The quantitative estimate of drug-likeness (QED) is 0.332. The van der Waals surface area contributed by atoms with Crippen LogP contribution in [-0.4, -0.2) is 16.5 Å². The molecule has 1 aliphatic rings. The molecule has 178 valence electrons. The van der Waals surface area contributed by atoms with Crippen molar-refractivity contribution in [2.24, 2.45) is 5.73 Å². The number of nitrogens with two attached hydrogens (primary N) is 1. The molecule has 4 aromatic rings. The Labute approximate surface area is 207 Å². The van der Waals surface area contributed by atoms with E-state index in [9.17, 15) is 8.78 Å². The SMILES string of the molecule is CC(C)(N)c1ccc(Nc2ncc3c(n2)-c2ccc(Cl)cc2N(c2c(F)cccc2F)CC3)cc1. The van der Waals surface area contributed by atoms with Crippen LogP contribution in [0.3, 0.4) is 0 Å². The van der Waals surface area contributed by atoms with E-state index >= 15 is 0 Å². The van der Waals surface area contributed by atoms with Crippen LogP contribution >= 0.6 is 11.6 Å². The molecule has 0 unspecified atom stereocenters.